The van der Waals surface area contributed by atoms with Crippen LogP contribution in [0.15, 0.2) is 0 Å². The monoisotopic (exact) mass is 602 g/mol. The molecule has 0 saturated heterocycles. The van der Waals surface area contributed by atoms with Crippen molar-refractivity contribution in [2.24, 2.45) is 0 Å². The van der Waals surface area contributed by atoms with E-state index in [-0.39, 0.29) is 19.8 Å². The molecule has 0 rings (SSSR count). The van der Waals surface area contributed by atoms with Gasteiger partial charge in [0.1, 0.15) is 0 Å². The van der Waals surface area contributed by atoms with Crippen LogP contribution in [-0.2, 0) is 73.3 Å². The van der Waals surface area contributed by atoms with E-state index in [9.17, 15) is 50.5 Å². The van der Waals surface area contributed by atoms with Gasteiger partial charge in [0.05, 0.1) is 0 Å². The van der Waals surface area contributed by atoms with Gasteiger partial charge >= 0.3 is 62.4 Å². The molecule has 0 aromatic rings. The zero-order valence-corrected chi connectivity index (χ0v) is 20.4. The van der Waals surface area contributed by atoms with Gasteiger partial charge in [0, 0.05) is 0 Å². The Balaban J connectivity index is -0.0000000960. The minimum Gasteiger partial charge on any atom is -0.263 e. The molecule has 184 valence electrons. The summed E-state index contributed by atoms with van der Waals surface area (Å²) in [5.41, 5.74) is 0. The highest BCUT2D eigenvalue weighted by Crippen LogP contribution is 1.93. The first-order valence-corrected chi connectivity index (χ1v) is 12.3. The summed E-state index contributed by atoms with van der Waals surface area (Å²) >= 11 is 0. The summed E-state index contributed by atoms with van der Waals surface area (Å²) in [5.74, 6) is 0. The molecule has 0 heterocycles. The van der Waals surface area contributed by atoms with Crippen molar-refractivity contribution < 1.29 is 88.7 Å². The molecule has 0 amide bonds. The molecular formula is H12O21P2S6. The van der Waals surface area contributed by atoms with Gasteiger partial charge in [-0.05, 0) is 0 Å². The van der Waals surface area contributed by atoms with Crippen molar-refractivity contribution in [3.63, 3.8) is 0 Å². The van der Waals surface area contributed by atoms with Crippen molar-refractivity contribution in [3.8, 4) is 0 Å². The fourth-order valence-corrected chi connectivity index (χ4v) is 2.93. The van der Waals surface area contributed by atoms with E-state index in [0.29, 0.717) is 0 Å². The van der Waals surface area contributed by atoms with Crippen LogP contribution in [0.5, 0.6) is 0 Å². The van der Waals surface area contributed by atoms with Crippen LogP contribution in [0, 0.1) is 0 Å². The van der Waals surface area contributed by atoms with Gasteiger partial charge in [0.15, 0.2) is 0 Å². The van der Waals surface area contributed by atoms with Gasteiger partial charge in [-0.2, -0.15) is 70.3 Å². The third kappa shape index (κ3) is 58.4. The van der Waals surface area contributed by atoms with E-state index >= 15 is 0 Å². The van der Waals surface area contributed by atoms with Crippen molar-refractivity contribution in [2.45, 2.75) is 0 Å². The predicted octanol–water partition coefficient (Wildman–Crippen LogP) is -4.06. The first-order chi connectivity index (χ1) is 11.1. The van der Waals surface area contributed by atoms with Crippen LogP contribution in [0.3, 0.4) is 0 Å². The van der Waals surface area contributed by atoms with E-state index in [1.807, 2.05) is 0 Å². The highest BCUT2D eigenvalue weighted by atomic mass is 32.3. The Labute approximate surface area is 170 Å². The maximum Gasteiger partial charge on any atom is 0.413 e. The summed E-state index contributed by atoms with van der Waals surface area (Å²) in [6.07, 6.45) is 0. The van der Waals surface area contributed by atoms with Crippen molar-refractivity contribution in [2.75, 3.05) is 0 Å². The summed E-state index contributed by atoms with van der Waals surface area (Å²) in [7, 11) is -30.7. The SMILES string of the molecule is O=S(=O)(O)OS(=O)(=O)O.O=S(=O)(O)OS(=O)(=O)O.O=S(=O)(O)OS(=O)(=O)O.P.P. The maximum absolute atomic E-state index is 9.44. The average Bonchev–Trinajstić information content (AvgIpc) is 1.96. The number of hydrogen-bond acceptors (Lipinski definition) is 15. The Morgan fingerprint density at radius 2 is 0.379 bits per heavy atom. The fraction of sp³-hybridized carbons (Fsp3) is 0. The van der Waals surface area contributed by atoms with Gasteiger partial charge in [-0.25, -0.2) is 0 Å². The largest absolute Gasteiger partial charge is 0.413 e. The Kier molecular flexibility index (Phi) is 18.6. The lowest BCUT2D eigenvalue weighted by Gasteiger charge is -1.89. The first-order valence-electron chi connectivity index (χ1n) is 4.10. The average molecular weight is 602 g/mol. The molecule has 0 radical (unpaired) electrons. The standard InChI is InChI=1S/3H2O7S2.2H3P/c3*1-8(2,3)7-9(4,5)6;;/h3*(H,1,2,3)(H,4,5,6);2*1H3. The zero-order valence-electron chi connectivity index (χ0n) is 12.7. The summed E-state index contributed by atoms with van der Waals surface area (Å²) in [5, 5.41) is 0. The summed E-state index contributed by atoms with van der Waals surface area (Å²) in [6, 6.07) is 0. The van der Waals surface area contributed by atoms with Gasteiger partial charge in [0.2, 0.25) is 0 Å². The van der Waals surface area contributed by atoms with Crippen molar-refractivity contribution >= 4 is 82.2 Å². The quantitative estimate of drug-likeness (QED) is 0.124. The second-order valence-electron chi connectivity index (χ2n) is 2.77. The molecule has 21 nitrogen and oxygen atoms in total. The maximum atomic E-state index is 9.44. The molecule has 29 heavy (non-hydrogen) atoms. The van der Waals surface area contributed by atoms with E-state index in [1.54, 1.807) is 0 Å². The molecule has 0 bridgehead atoms. The molecule has 0 aliphatic heterocycles. The third-order valence-corrected chi connectivity index (χ3v) is 4.64. The summed E-state index contributed by atoms with van der Waals surface area (Å²) in [4.78, 5) is 0. The second-order valence-corrected chi connectivity index (χ2v) is 9.54. The topological polar surface area (TPSA) is 354 Å². The number of rotatable bonds is 6. The van der Waals surface area contributed by atoms with Crippen LogP contribution in [0.4, 0.5) is 0 Å². The molecule has 0 saturated carbocycles. The van der Waals surface area contributed by atoms with Gasteiger partial charge < -0.3 is 0 Å². The Morgan fingerprint density at radius 1 is 0.310 bits per heavy atom. The predicted molar refractivity (Wildman–Crippen MR) is 94.8 cm³/mol. The van der Waals surface area contributed by atoms with Crippen LogP contribution in [-0.4, -0.2) is 77.8 Å². The van der Waals surface area contributed by atoms with Crippen molar-refractivity contribution in [3.05, 3.63) is 0 Å². The minimum atomic E-state index is -5.12. The molecular weight excluding hydrogens is 590 g/mol. The van der Waals surface area contributed by atoms with Crippen LogP contribution in [0.25, 0.3) is 0 Å². The van der Waals surface area contributed by atoms with Crippen LogP contribution >= 0.6 is 19.8 Å². The molecule has 0 aliphatic carbocycles. The van der Waals surface area contributed by atoms with Gasteiger partial charge in [0.25, 0.3) is 0 Å². The summed E-state index contributed by atoms with van der Waals surface area (Å²) in [6.45, 7) is 0. The Hall–Kier alpha value is 0.200. The second kappa shape index (κ2) is 13.6. The lowest BCUT2D eigenvalue weighted by molar-refractivity contribution is 0.339. The van der Waals surface area contributed by atoms with Gasteiger partial charge in [-0.3, -0.25) is 27.3 Å². The smallest absolute Gasteiger partial charge is 0.263 e. The minimum absolute atomic E-state index is 0. The molecule has 29 heteroatoms. The van der Waals surface area contributed by atoms with E-state index in [0.717, 1.165) is 0 Å². The van der Waals surface area contributed by atoms with Gasteiger partial charge in [-0.15, -0.1) is 10.9 Å². The first kappa shape index (κ1) is 39.7. The highest BCUT2D eigenvalue weighted by molar-refractivity contribution is 7.95. The molecule has 0 spiro atoms. The van der Waals surface area contributed by atoms with Crippen LogP contribution in [0.2, 0.25) is 0 Å². The lowest BCUT2D eigenvalue weighted by atomic mass is 15.8. The van der Waals surface area contributed by atoms with E-state index in [4.69, 9.17) is 27.3 Å². The molecule has 0 aliphatic rings. The van der Waals surface area contributed by atoms with Crippen molar-refractivity contribution in [1.82, 2.24) is 0 Å². The van der Waals surface area contributed by atoms with Gasteiger partial charge in [-0.1, -0.05) is 0 Å². The zero-order chi connectivity index (χ0) is 23.1. The molecule has 0 fully saturated rings. The normalized spacial score (nSPS) is 12.6. The van der Waals surface area contributed by atoms with E-state index in [1.165, 1.54) is 0 Å². The fourth-order valence-electron chi connectivity index (χ4n) is 0.326. The lowest BCUT2D eigenvalue weighted by Crippen LogP contribution is -2.10. The number of hydrogen-bond donors (Lipinski definition) is 6. The van der Waals surface area contributed by atoms with Crippen molar-refractivity contribution in [1.29, 1.82) is 0 Å². The molecule has 6 N–H and O–H groups in total. The molecule has 0 aromatic carbocycles. The van der Waals surface area contributed by atoms with Crippen LogP contribution < -0.4 is 0 Å². The van der Waals surface area contributed by atoms with Crippen LogP contribution in [0.1, 0.15) is 0 Å². The third-order valence-electron chi connectivity index (χ3n) is 0.516. The Bertz CT molecular complexity index is 854. The summed E-state index contributed by atoms with van der Waals surface area (Å²) < 4.78 is 167. The molecule has 0 aromatic heterocycles. The molecule has 2 atom stereocenters. The molecule has 2 unspecified atom stereocenters. The van der Waals surface area contributed by atoms with E-state index in [2.05, 4.69) is 10.9 Å². The Morgan fingerprint density at radius 3 is 0.379 bits per heavy atom. The van der Waals surface area contributed by atoms with E-state index < -0.39 is 62.4 Å². The highest BCUT2D eigenvalue weighted by Gasteiger charge is 2.17.